The quantitative estimate of drug-likeness (QED) is 0.0509. The van der Waals surface area contributed by atoms with Crippen LogP contribution in [0.5, 0.6) is 0 Å². The minimum absolute atomic E-state index is 0.267. The summed E-state index contributed by atoms with van der Waals surface area (Å²) >= 11 is 0. The molecule has 404 valence electrons. The fourth-order valence-corrected chi connectivity index (χ4v) is 7.65. The molecule has 0 saturated carbocycles. The maximum absolute atomic E-state index is 13.3. The Morgan fingerprint density at radius 2 is 0.770 bits per heavy atom. The van der Waals surface area contributed by atoms with Crippen LogP contribution >= 0.6 is 0 Å². The number of carbonyl (C=O) groups is 8. The van der Waals surface area contributed by atoms with E-state index in [-0.39, 0.29) is 37.5 Å². The lowest BCUT2D eigenvalue weighted by atomic mass is 9.71. The summed E-state index contributed by atoms with van der Waals surface area (Å²) in [5.74, 6) is -3.39. The van der Waals surface area contributed by atoms with Gasteiger partial charge in [0.15, 0.2) is 23.8 Å². The standard InChI is InChI=1S/C58H80N4O12/c1-37(23-19-25-39(3)27-29-43-41(5)51(67)45(31-57(43,13)14)71-47(63)33-59-53(69)61-35-49(65)73-55(7,8)9)21-17-18-22-38(2)24-20-26-40(4)28-30-44-42(6)52(68)46(32-58(44,15)16)72-48(64)34-60-54(70)62-36-50(66)74-56(10,11)12/h17-30,45-46H,31-36H2,1-16H3,(H2,59,61,69)(H2,60,62,70)/b18-17+,23-19+,24-20+,29-27+,30-28+,37-21+,38-22+,39-25+,40-26+. The highest BCUT2D eigenvalue weighted by Crippen LogP contribution is 2.42. The number of urea groups is 2. The van der Waals surface area contributed by atoms with Crippen LogP contribution in [0.1, 0.15) is 124 Å². The summed E-state index contributed by atoms with van der Waals surface area (Å²) in [4.78, 5) is 99.5. The molecule has 0 spiro atoms. The molecule has 74 heavy (non-hydrogen) atoms. The lowest BCUT2D eigenvalue weighted by Gasteiger charge is -2.36. The molecular weight excluding hydrogens is 945 g/mol. The van der Waals surface area contributed by atoms with Gasteiger partial charge in [-0.05, 0) is 116 Å². The molecular formula is C58H80N4O12. The minimum atomic E-state index is -0.997. The molecule has 16 nitrogen and oxygen atoms in total. The molecule has 4 amide bonds. The Hall–Kier alpha value is -7.10. The van der Waals surface area contributed by atoms with Crippen molar-refractivity contribution in [3.63, 3.8) is 0 Å². The molecule has 2 aliphatic rings. The maximum atomic E-state index is 13.3. The van der Waals surface area contributed by atoms with Gasteiger partial charge in [0.2, 0.25) is 0 Å². The maximum Gasteiger partial charge on any atom is 0.326 e. The van der Waals surface area contributed by atoms with Gasteiger partial charge in [-0.15, -0.1) is 0 Å². The molecule has 0 aromatic carbocycles. The molecule has 2 rings (SSSR count). The first-order chi connectivity index (χ1) is 34.2. The largest absolute Gasteiger partial charge is 0.459 e. The van der Waals surface area contributed by atoms with E-state index in [1.165, 1.54) is 0 Å². The highest BCUT2D eigenvalue weighted by Gasteiger charge is 2.41. The second-order valence-electron chi connectivity index (χ2n) is 21.6. The Morgan fingerprint density at radius 1 is 0.486 bits per heavy atom. The zero-order chi connectivity index (χ0) is 56.2. The Balaban J connectivity index is 1.91. The molecule has 2 unspecified atom stereocenters. The summed E-state index contributed by atoms with van der Waals surface area (Å²) in [7, 11) is 0. The van der Waals surface area contributed by atoms with Crippen molar-refractivity contribution in [3.8, 4) is 0 Å². The van der Waals surface area contributed by atoms with Crippen LogP contribution in [0.3, 0.4) is 0 Å². The topological polar surface area (TPSA) is 222 Å². The molecule has 2 atom stereocenters. The van der Waals surface area contributed by atoms with E-state index in [0.29, 0.717) is 11.1 Å². The fourth-order valence-electron chi connectivity index (χ4n) is 7.65. The van der Waals surface area contributed by atoms with Gasteiger partial charge in [0.1, 0.15) is 37.4 Å². The van der Waals surface area contributed by atoms with E-state index in [0.717, 1.165) is 33.4 Å². The zero-order valence-corrected chi connectivity index (χ0v) is 46.4. The molecule has 0 aromatic heterocycles. The smallest absolute Gasteiger partial charge is 0.326 e. The first kappa shape index (κ1) is 63.0. The Bertz CT molecular complexity index is 2320. The number of hydrogen-bond acceptors (Lipinski definition) is 12. The van der Waals surface area contributed by atoms with Crippen LogP contribution in [-0.2, 0) is 47.7 Å². The van der Waals surface area contributed by atoms with Crippen molar-refractivity contribution in [2.45, 2.75) is 147 Å². The second kappa shape index (κ2) is 28.4. The molecule has 0 aliphatic heterocycles. The van der Waals surface area contributed by atoms with Crippen LogP contribution in [0.4, 0.5) is 9.59 Å². The summed E-state index contributed by atoms with van der Waals surface area (Å²) in [6, 6.07) is -1.50. The van der Waals surface area contributed by atoms with Gasteiger partial charge in [-0.25, -0.2) is 9.59 Å². The van der Waals surface area contributed by atoms with E-state index in [2.05, 4.69) is 21.3 Å². The van der Waals surface area contributed by atoms with Gasteiger partial charge in [0.25, 0.3) is 0 Å². The Kier molecular flexibility index (Phi) is 24.2. The SMILES string of the molecule is CC1=C(/C=C/C(C)=C/C=C/C(C)=C/C=C/C=C(C)/C=C/C=C(C)/C=C/C2=C(C)C(=O)C(OC(=O)CNC(=O)NCC(=O)OC(C)(C)C)CC2(C)C)C(C)(C)CC(OC(=O)CNC(=O)NCC(=O)OC(C)(C)C)C1=O. The van der Waals surface area contributed by atoms with Gasteiger partial charge in [0.05, 0.1) is 0 Å². The van der Waals surface area contributed by atoms with Gasteiger partial charge >= 0.3 is 35.9 Å². The van der Waals surface area contributed by atoms with E-state index < -0.39 is 83.3 Å². The van der Waals surface area contributed by atoms with E-state index in [4.69, 9.17) is 18.9 Å². The molecule has 16 heteroatoms. The van der Waals surface area contributed by atoms with Crippen molar-refractivity contribution in [1.29, 1.82) is 0 Å². The fraction of sp³-hybridized carbons (Fsp3) is 0.483. The molecule has 0 bridgehead atoms. The van der Waals surface area contributed by atoms with Gasteiger partial charge in [-0.1, -0.05) is 135 Å². The third-order valence-electron chi connectivity index (χ3n) is 11.2. The lowest BCUT2D eigenvalue weighted by molar-refractivity contribution is -0.155. The summed E-state index contributed by atoms with van der Waals surface area (Å²) in [5, 5.41) is 9.32. The first-order valence-electron chi connectivity index (χ1n) is 24.6. The number of ether oxygens (including phenoxy) is 4. The normalized spacial score (nSPS) is 19.2. The molecule has 0 heterocycles. The first-order valence-corrected chi connectivity index (χ1v) is 24.6. The molecule has 0 fully saturated rings. The van der Waals surface area contributed by atoms with Crippen molar-refractivity contribution >= 4 is 47.5 Å². The zero-order valence-electron chi connectivity index (χ0n) is 46.4. The van der Waals surface area contributed by atoms with Crippen molar-refractivity contribution < 1.29 is 57.3 Å². The van der Waals surface area contributed by atoms with Gasteiger partial charge in [0, 0.05) is 12.8 Å². The Morgan fingerprint density at radius 3 is 1.08 bits per heavy atom. The minimum Gasteiger partial charge on any atom is -0.459 e. The number of rotatable bonds is 20. The molecule has 0 radical (unpaired) electrons. The van der Waals surface area contributed by atoms with Crippen LogP contribution in [0.2, 0.25) is 0 Å². The van der Waals surface area contributed by atoms with Crippen LogP contribution < -0.4 is 21.3 Å². The predicted molar refractivity (Wildman–Crippen MR) is 287 cm³/mol. The van der Waals surface area contributed by atoms with Crippen LogP contribution in [0.15, 0.2) is 130 Å². The Labute approximate surface area is 438 Å². The number of esters is 4. The van der Waals surface area contributed by atoms with E-state index in [1.807, 2.05) is 140 Å². The lowest BCUT2D eigenvalue weighted by Crippen LogP contribution is -2.44. The average Bonchev–Trinajstić information content (AvgIpc) is 3.27. The second-order valence-corrected chi connectivity index (χ2v) is 21.6. The van der Waals surface area contributed by atoms with Gasteiger partial charge < -0.3 is 40.2 Å². The predicted octanol–water partition coefficient (Wildman–Crippen LogP) is 9.29. The van der Waals surface area contributed by atoms with Crippen molar-refractivity contribution in [1.82, 2.24) is 21.3 Å². The average molecular weight is 1030 g/mol. The highest BCUT2D eigenvalue weighted by molar-refractivity contribution is 6.02. The van der Waals surface area contributed by atoms with Crippen molar-refractivity contribution in [2.75, 3.05) is 26.2 Å². The number of nitrogens with one attached hydrogen (secondary N) is 4. The number of ketones is 2. The number of allylic oxidation sites excluding steroid dienone is 20. The number of hydrogen-bond donors (Lipinski definition) is 4. The molecule has 0 aromatic rings. The van der Waals surface area contributed by atoms with Gasteiger partial charge in [-0.3, -0.25) is 28.8 Å². The monoisotopic (exact) mass is 1020 g/mol. The summed E-state index contributed by atoms with van der Waals surface area (Å²) in [6.45, 7) is 27.8. The number of amides is 4. The third kappa shape index (κ3) is 23.6. The molecule has 4 N–H and O–H groups in total. The number of Topliss-reactive ketones (excluding diaryl/α,β-unsaturated/α-hetero) is 2. The van der Waals surface area contributed by atoms with Crippen molar-refractivity contribution in [3.05, 3.63) is 130 Å². The van der Waals surface area contributed by atoms with E-state index in [9.17, 15) is 38.4 Å². The van der Waals surface area contributed by atoms with E-state index in [1.54, 1.807) is 55.4 Å². The summed E-state index contributed by atoms with van der Waals surface area (Å²) < 4.78 is 21.2. The van der Waals surface area contributed by atoms with Crippen LogP contribution in [0.25, 0.3) is 0 Å². The van der Waals surface area contributed by atoms with Gasteiger partial charge in [-0.2, -0.15) is 0 Å². The van der Waals surface area contributed by atoms with Crippen LogP contribution in [-0.4, -0.2) is 97.1 Å². The number of carbonyl (C=O) groups excluding carboxylic acids is 8. The van der Waals surface area contributed by atoms with E-state index >= 15 is 0 Å². The highest BCUT2D eigenvalue weighted by atomic mass is 16.6. The van der Waals surface area contributed by atoms with Crippen molar-refractivity contribution in [2.24, 2.45) is 10.8 Å². The molecule has 0 saturated heterocycles. The summed E-state index contributed by atoms with van der Waals surface area (Å²) in [5.41, 5.74) is 4.30. The third-order valence-corrected chi connectivity index (χ3v) is 11.2. The molecule has 2 aliphatic carbocycles. The van der Waals surface area contributed by atoms with Crippen LogP contribution in [0, 0.1) is 10.8 Å². The summed E-state index contributed by atoms with van der Waals surface area (Å²) in [6.07, 6.45) is 26.0.